The van der Waals surface area contributed by atoms with Gasteiger partial charge in [-0.1, -0.05) is 30.0 Å². The monoisotopic (exact) mass is 412 g/mol. The van der Waals surface area contributed by atoms with Crippen LogP contribution in [0, 0.1) is 0 Å². The third-order valence-corrected chi connectivity index (χ3v) is 5.07. The highest BCUT2D eigenvalue weighted by Crippen LogP contribution is 2.45. The highest BCUT2D eigenvalue weighted by atomic mass is 32.2. The summed E-state index contributed by atoms with van der Waals surface area (Å²) >= 11 is 1.40. The molecule has 2 heterocycles. The zero-order valence-electron chi connectivity index (χ0n) is 16.4. The number of para-hydroxylation sites is 1. The first kappa shape index (κ1) is 19.1. The number of aromatic nitrogens is 3. The maximum atomic E-state index is 6.27. The van der Waals surface area contributed by atoms with Crippen LogP contribution in [0.15, 0.2) is 41.6 Å². The van der Waals surface area contributed by atoms with E-state index in [4.69, 9.17) is 18.9 Å². The minimum Gasteiger partial charge on any atom is -0.493 e. The Hall–Kier alpha value is -3.20. The maximum Gasteiger partial charge on any atom is 0.247 e. The fourth-order valence-corrected chi connectivity index (χ4v) is 3.50. The zero-order chi connectivity index (χ0) is 20.4. The summed E-state index contributed by atoms with van der Waals surface area (Å²) in [5.74, 6) is 1.96. The Bertz CT molecular complexity index is 1050. The molecule has 0 amide bonds. The fourth-order valence-electron chi connectivity index (χ4n) is 3.21. The quantitative estimate of drug-likeness (QED) is 0.629. The minimum absolute atomic E-state index is 0.392. The molecule has 3 aromatic rings. The van der Waals surface area contributed by atoms with Crippen LogP contribution in [0.3, 0.4) is 0 Å². The van der Waals surface area contributed by atoms with Crippen molar-refractivity contribution in [2.75, 3.05) is 32.9 Å². The second-order valence-corrected chi connectivity index (χ2v) is 6.84. The van der Waals surface area contributed by atoms with Crippen molar-refractivity contribution in [3.8, 4) is 34.4 Å². The van der Waals surface area contributed by atoms with Crippen LogP contribution in [-0.2, 0) is 0 Å². The lowest BCUT2D eigenvalue weighted by molar-refractivity contribution is 0.217. The second-order valence-electron chi connectivity index (χ2n) is 6.06. The molecule has 0 bridgehead atoms. The molecule has 0 aliphatic carbocycles. The molecule has 1 N–H and O–H groups in total. The lowest BCUT2D eigenvalue weighted by atomic mass is 10.1. The normalized spacial score (nSPS) is 14.6. The number of thioether (sulfide) groups is 1. The van der Waals surface area contributed by atoms with Crippen molar-refractivity contribution in [1.82, 2.24) is 15.2 Å². The van der Waals surface area contributed by atoms with E-state index < -0.39 is 6.23 Å². The van der Waals surface area contributed by atoms with Gasteiger partial charge in [-0.3, -0.25) is 0 Å². The van der Waals surface area contributed by atoms with Crippen LogP contribution in [0.25, 0.3) is 11.3 Å². The van der Waals surface area contributed by atoms with Gasteiger partial charge in [0, 0.05) is 11.3 Å². The largest absolute Gasteiger partial charge is 0.493 e. The molecule has 0 saturated heterocycles. The molecule has 0 unspecified atom stereocenters. The van der Waals surface area contributed by atoms with E-state index in [1.165, 1.54) is 11.8 Å². The number of hydrogen-bond donors (Lipinski definition) is 1. The molecular formula is C20H20N4O4S. The molecule has 1 atom stereocenters. The molecule has 9 heteroatoms. The lowest BCUT2D eigenvalue weighted by Gasteiger charge is -2.23. The average molecular weight is 412 g/mol. The molecule has 4 rings (SSSR count). The van der Waals surface area contributed by atoms with Crippen LogP contribution in [0.1, 0.15) is 11.8 Å². The van der Waals surface area contributed by atoms with E-state index in [1.54, 1.807) is 21.3 Å². The van der Waals surface area contributed by atoms with Gasteiger partial charge in [0.05, 0.1) is 26.9 Å². The Morgan fingerprint density at radius 3 is 2.48 bits per heavy atom. The number of anilines is 1. The van der Waals surface area contributed by atoms with Crippen molar-refractivity contribution in [1.29, 1.82) is 0 Å². The summed E-state index contributed by atoms with van der Waals surface area (Å²) in [7, 11) is 4.73. The Kier molecular flexibility index (Phi) is 5.30. The molecule has 29 heavy (non-hydrogen) atoms. The molecule has 0 radical (unpaired) electrons. The number of ether oxygens (including phenoxy) is 4. The highest BCUT2D eigenvalue weighted by Gasteiger charge is 2.29. The molecule has 150 valence electrons. The molecular weight excluding hydrogens is 392 g/mol. The van der Waals surface area contributed by atoms with Gasteiger partial charge in [-0.2, -0.15) is 4.98 Å². The SMILES string of the molecule is COc1ccc([C@@H]2Nc3ccccc3-c3nnc(SC)nc3O2)c(OC)c1OC. The van der Waals surface area contributed by atoms with Gasteiger partial charge in [-0.15, -0.1) is 10.2 Å². The number of methoxy groups -OCH3 is 3. The molecule has 8 nitrogen and oxygen atoms in total. The zero-order valence-corrected chi connectivity index (χ0v) is 17.2. The molecule has 0 fully saturated rings. The first-order valence-corrected chi connectivity index (χ1v) is 10.0. The number of nitrogens with zero attached hydrogens (tertiary/aromatic N) is 3. The van der Waals surface area contributed by atoms with E-state index in [9.17, 15) is 0 Å². The predicted molar refractivity (Wildman–Crippen MR) is 110 cm³/mol. The van der Waals surface area contributed by atoms with Crippen molar-refractivity contribution in [3.05, 3.63) is 42.0 Å². The third-order valence-electron chi connectivity index (χ3n) is 4.53. The molecule has 1 aromatic heterocycles. The molecule has 2 aromatic carbocycles. The summed E-state index contributed by atoms with van der Waals surface area (Å²) in [4.78, 5) is 4.53. The van der Waals surface area contributed by atoms with E-state index >= 15 is 0 Å². The molecule has 0 spiro atoms. The molecule has 1 aliphatic heterocycles. The van der Waals surface area contributed by atoms with Crippen LogP contribution >= 0.6 is 11.8 Å². The van der Waals surface area contributed by atoms with Crippen LogP contribution in [0.4, 0.5) is 5.69 Å². The van der Waals surface area contributed by atoms with Gasteiger partial charge in [0.1, 0.15) is 0 Å². The summed E-state index contributed by atoms with van der Waals surface area (Å²) in [6.07, 6.45) is 1.29. The second kappa shape index (κ2) is 8.04. The first-order valence-electron chi connectivity index (χ1n) is 8.80. The Morgan fingerprint density at radius 2 is 1.76 bits per heavy atom. The van der Waals surface area contributed by atoms with Crippen molar-refractivity contribution < 1.29 is 18.9 Å². The van der Waals surface area contributed by atoms with Gasteiger partial charge in [-0.05, 0) is 24.5 Å². The van der Waals surface area contributed by atoms with E-state index in [-0.39, 0.29) is 0 Å². The van der Waals surface area contributed by atoms with E-state index in [2.05, 4.69) is 20.5 Å². The van der Waals surface area contributed by atoms with Gasteiger partial charge < -0.3 is 24.3 Å². The van der Waals surface area contributed by atoms with Gasteiger partial charge in [0.25, 0.3) is 0 Å². The summed E-state index contributed by atoms with van der Waals surface area (Å²) in [5, 5.41) is 12.5. The van der Waals surface area contributed by atoms with Crippen molar-refractivity contribution in [3.63, 3.8) is 0 Å². The van der Waals surface area contributed by atoms with Crippen LogP contribution < -0.4 is 24.3 Å². The van der Waals surface area contributed by atoms with Gasteiger partial charge in [-0.25, -0.2) is 0 Å². The number of fused-ring (bicyclic) bond motifs is 3. The topological polar surface area (TPSA) is 87.6 Å². The highest BCUT2D eigenvalue weighted by molar-refractivity contribution is 7.98. The van der Waals surface area contributed by atoms with Crippen molar-refractivity contribution in [2.24, 2.45) is 0 Å². The minimum atomic E-state index is -0.599. The van der Waals surface area contributed by atoms with E-state index in [1.807, 2.05) is 42.7 Å². The summed E-state index contributed by atoms with van der Waals surface area (Å²) in [6, 6.07) is 11.5. The van der Waals surface area contributed by atoms with Gasteiger partial charge in [0.2, 0.25) is 23.0 Å². The number of hydrogen-bond acceptors (Lipinski definition) is 9. The summed E-state index contributed by atoms with van der Waals surface area (Å²) < 4.78 is 22.8. The smallest absolute Gasteiger partial charge is 0.247 e. The third kappa shape index (κ3) is 3.38. The average Bonchev–Trinajstić information content (AvgIpc) is 2.93. The van der Waals surface area contributed by atoms with Crippen LogP contribution in [0.5, 0.6) is 23.1 Å². The number of benzene rings is 2. The Balaban J connectivity index is 1.88. The van der Waals surface area contributed by atoms with Crippen LogP contribution in [-0.4, -0.2) is 42.8 Å². The summed E-state index contributed by atoms with van der Waals surface area (Å²) in [5.41, 5.74) is 3.02. The van der Waals surface area contributed by atoms with E-state index in [0.29, 0.717) is 34.0 Å². The fraction of sp³-hybridized carbons (Fsp3) is 0.250. The predicted octanol–water partition coefficient (Wildman–Crippen LogP) is 3.79. The summed E-state index contributed by atoms with van der Waals surface area (Å²) in [6.45, 7) is 0. The molecule has 1 aliphatic rings. The van der Waals surface area contributed by atoms with Crippen molar-refractivity contribution >= 4 is 17.4 Å². The van der Waals surface area contributed by atoms with Crippen molar-refractivity contribution in [2.45, 2.75) is 11.4 Å². The lowest BCUT2D eigenvalue weighted by Crippen LogP contribution is -2.18. The standard InChI is InChI=1S/C20H20N4O4S/c1-25-14-10-9-12(16(26-2)17(14)27-3)18-21-13-8-6-5-7-11(13)15-19(28-18)22-20(29-4)24-23-15/h5-10,18,21H,1-4H3/t18-/m1/s1. The first-order chi connectivity index (χ1) is 14.2. The van der Waals surface area contributed by atoms with Gasteiger partial charge >= 0.3 is 0 Å². The number of nitrogens with one attached hydrogen (secondary N) is 1. The van der Waals surface area contributed by atoms with Crippen LogP contribution in [0.2, 0.25) is 0 Å². The Morgan fingerprint density at radius 1 is 0.966 bits per heavy atom. The maximum absolute atomic E-state index is 6.27. The number of rotatable bonds is 5. The van der Waals surface area contributed by atoms with E-state index in [0.717, 1.165) is 16.8 Å². The Labute approximate surface area is 172 Å². The van der Waals surface area contributed by atoms with Gasteiger partial charge in [0.15, 0.2) is 17.2 Å². The molecule has 0 saturated carbocycles.